The fraction of sp³-hybridized carbons (Fsp3) is 0.444. The van der Waals surface area contributed by atoms with E-state index in [-0.39, 0.29) is 47.2 Å². The SMILES string of the molecule is CCOC(=O)C[C@@H]1C[C@@H](CC)[C@@H](c2nc(C(F)(F)F)c3c(S(=O)(=O)c4ccccc4C)nc4[nH]ccc4n23)C1. The number of aryl methyl sites for hydroxylation is 1. The molecule has 0 radical (unpaired) electrons. The highest BCUT2D eigenvalue weighted by atomic mass is 32.2. The van der Waals surface area contributed by atoms with Crippen molar-refractivity contribution in [1.29, 1.82) is 0 Å². The van der Waals surface area contributed by atoms with Crippen LogP contribution in [0.1, 0.15) is 62.5 Å². The maximum absolute atomic E-state index is 14.5. The molecule has 3 aromatic heterocycles. The van der Waals surface area contributed by atoms with Gasteiger partial charge in [-0.2, -0.15) is 13.2 Å². The van der Waals surface area contributed by atoms with Crippen LogP contribution >= 0.6 is 0 Å². The van der Waals surface area contributed by atoms with E-state index < -0.39 is 38.2 Å². The van der Waals surface area contributed by atoms with Gasteiger partial charge >= 0.3 is 12.1 Å². The van der Waals surface area contributed by atoms with Crippen molar-refractivity contribution >= 4 is 32.5 Å². The van der Waals surface area contributed by atoms with Gasteiger partial charge in [-0.05, 0) is 56.2 Å². The Morgan fingerprint density at radius 2 is 1.90 bits per heavy atom. The Balaban J connectivity index is 1.77. The molecule has 1 aliphatic carbocycles. The number of imidazole rings is 1. The van der Waals surface area contributed by atoms with Gasteiger partial charge in [-0.15, -0.1) is 0 Å². The predicted octanol–water partition coefficient (Wildman–Crippen LogP) is 5.84. The van der Waals surface area contributed by atoms with E-state index in [0.717, 1.165) is 0 Å². The van der Waals surface area contributed by atoms with E-state index in [1.165, 1.54) is 22.7 Å². The fourth-order valence-corrected chi connectivity index (χ4v) is 7.49. The fourth-order valence-electron chi connectivity index (χ4n) is 5.88. The second-order valence-corrected chi connectivity index (χ2v) is 11.9. The Morgan fingerprint density at radius 3 is 2.56 bits per heavy atom. The third-order valence-corrected chi connectivity index (χ3v) is 9.41. The summed E-state index contributed by atoms with van der Waals surface area (Å²) >= 11 is 0. The lowest BCUT2D eigenvalue weighted by Crippen LogP contribution is -2.13. The Hall–Kier alpha value is -3.41. The van der Waals surface area contributed by atoms with Gasteiger partial charge in [-0.25, -0.2) is 18.4 Å². The first-order valence-corrected chi connectivity index (χ1v) is 14.4. The molecule has 0 bridgehead atoms. The third kappa shape index (κ3) is 4.68. The molecule has 1 saturated carbocycles. The molecule has 1 aliphatic rings. The van der Waals surface area contributed by atoms with Crippen LogP contribution in [0.25, 0.3) is 16.7 Å². The summed E-state index contributed by atoms with van der Waals surface area (Å²) < 4.78 is 77.8. The van der Waals surface area contributed by atoms with Crippen LogP contribution in [0.4, 0.5) is 13.2 Å². The molecular weight excluding hydrogens is 533 g/mol. The van der Waals surface area contributed by atoms with Crippen molar-refractivity contribution in [2.75, 3.05) is 6.61 Å². The number of alkyl halides is 3. The first-order chi connectivity index (χ1) is 18.5. The van der Waals surface area contributed by atoms with Gasteiger partial charge in [-0.3, -0.25) is 9.20 Å². The lowest BCUT2D eigenvalue weighted by atomic mass is 9.93. The summed E-state index contributed by atoms with van der Waals surface area (Å²) in [6.07, 6.45) is -1.53. The van der Waals surface area contributed by atoms with Gasteiger partial charge in [-0.1, -0.05) is 31.5 Å². The van der Waals surface area contributed by atoms with Crippen molar-refractivity contribution < 1.29 is 31.1 Å². The Morgan fingerprint density at radius 1 is 1.15 bits per heavy atom. The standard InChI is InChI=1S/C27H29F3N4O4S/c1-4-17-12-16(14-21(35)38-5-2)13-18(17)25-32-23(27(28,29)30)22-26(33-24-19(34(22)25)10-11-31-24)39(36,37)20-9-7-6-8-15(20)3/h6-11,16-18,31H,4-5,12-14H2,1-3H3/t16-,17-,18+/m1/s1. The van der Waals surface area contributed by atoms with Gasteiger partial charge in [0.15, 0.2) is 16.4 Å². The number of benzene rings is 1. The number of esters is 1. The molecule has 5 rings (SSSR count). The molecule has 208 valence electrons. The summed E-state index contributed by atoms with van der Waals surface area (Å²) in [6.45, 7) is 5.51. The number of nitrogens with one attached hydrogen (secondary N) is 1. The van der Waals surface area contributed by atoms with Crippen molar-refractivity contribution in [1.82, 2.24) is 19.4 Å². The van der Waals surface area contributed by atoms with Crippen LogP contribution in [-0.4, -0.2) is 40.3 Å². The first-order valence-electron chi connectivity index (χ1n) is 12.9. The van der Waals surface area contributed by atoms with Gasteiger partial charge < -0.3 is 9.72 Å². The minimum Gasteiger partial charge on any atom is -0.466 e. The number of hydrogen-bond acceptors (Lipinski definition) is 6. The van der Waals surface area contributed by atoms with Crippen LogP contribution < -0.4 is 0 Å². The molecule has 0 aliphatic heterocycles. The number of halogens is 3. The number of carbonyl (C=O) groups excluding carboxylic acids is 1. The van der Waals surface area contributed by atoms with Crippen LogP contribution in [-0.2, 0) is 25.5 Å². The van der Waals surface area contributed by atoms with Crippen LogP contribution in [0.3, 0.4) is 0 Å². The quantitative estimate of drug-likeness (QED) is 0.284. The maximum atomic E-state index is 14.5. The van der Waals surface area contributed by atoms with Crippen molar-refractivity contribution in [3.8, 4) is 0 Å². The summed E-state index contributed by atoms with van der Waals surface area (Å²) in [7, 11) is -4.46. The number of fused-ring (bicyclic) bond motifs is 3. The smallest absolute Gasteiger partial charge is 0.435 e. The highest BCUT2D eigenvalue weighted by molar-refractivity contribution is 7.91. The molecule has 8 nitrogen and oxygen atoms in total. The Kier molecular flexibility index (Phi) is 6.94. The molecule has 0 unspecified atom stereocenters. The van der Waals surface area contributed by atoms with Crippen LogP contribution in [0.2, 0.25) is 0 Å². The summed E-state index contributed by atoms with van der Waals surface area (Å²) in [5, 5.41) is -0.702. The topological polar surface area (TPSA) is 106 Å². The van der Waals surface area contributed by atoms with Gasteiger partial charge in [0, 0.05) is 18.5 Å². The summed E-state index contributed by atoms with van der Waals surface area (Å²) in [4.78, 5) is 23.2. The van der Waals surface area contributed by atoms with Crippen LogP contribution in [0.15, 0.2) is 46.5 Å². The highest BCUT2D eigenvalue weighted by Crippen LogP contribution is 2.48. The molecule has 1 aromatic carbocycles. The molecule has 0 spiro atoms. The molecule has 39 heavy (non-hydrogen) atoms. The Bertz CT molecular complexity index is 1660. The van der Waals surface area contributed by atoms with E-state index in [1.54, 1.807) is 32.0 Å². The second-order valence-electron chi connectivity index (χ2n) is 10.0. The summed E-state index contributed by atoms with van der Waals surface area (Å²) in [6, 6.07) is 7.68. The zero-order chi connectivity index (χ0) is 28.1. The van der Waals surface area contributed by atoms with E-state index >= 15 is 0 Å². The molecule has 0 amide bonds. The zero-order valence-corrected chi connectivity index (χ0v) is 22.6. The van der Waals surface area contributed by atoms with Crippen molar-refractivity contribution in [2.24, 2.45) is 11.8 Å². The maximum Gasteiger partial charge on any atom is 0.435 e. The summed E-state index contributed by atoms with van der Waals surface area (Å²) in [5.41, 5.74) is -1.05. The minimum atomic E-state index is -4.93. The van der Waals surface area contributed by atoms with E-state index in [2.05, 4.69) is 15.0 Å². The number of aromatic amines is 1. The van der Waals surface area contributed by atoms with E-state index in [0.29, 0.717) is 30.3 Å². The molecule has 1 N–H and O–H groups in total. The van der Waals surface area contributed by atoms with Gasteiger partial charge in [0.05, 0.1) is 17.0 Å². The minimum absolute atomic E-state index is 0.0466. The molecule has 4 aromatic rings. The monoisotopic (exact) mass is 562 g/mol. The lowest BCUT2D eigenvalue weighted by Gasteiger charge is -2.17. The molecule has 3 atom stereocenters. The molecule has 3 heterocycles. The van der Waals surface area contributed by atoms with Gasteiger partial charge in [0.2, 0.25) is 9.84 Å². The second kappa shape index (κ2) is 9.96. The number of aromatic nitrogens is 4. The number of hydrogen-bond donors (Lipinski definition) is 1. The molecular formula is C27H29F3N4O4S. The zero-order valence-electron chi connectivity index (χ0n) is 21.7. The first kappa shape index (κ1) is 27.2. The third-order valence-electron chi connectivity index (χ3n) is 7.58. The average molecular weight is 563 g/mol. The number of rotatable bonds is 7. The highest BCUT2D eigenvalue weighted by Gasteiger charge is 2.45. The summed E-state index contributed by atoms with van der Waals surface area (Å²) in [5.74, 6) is -0.767. The predicted molar refractivity (Wildman–Crippen MR) is 137 cm³/mol. The number of carbonyl (C=O) groups is 1. The van der Waals surface area contributed by atoms with Crippen LogP contribution in [0, 0.1) is 18.8 Å². The van der Waals surface area contributed by atoms with E-state index in [4.69, 9.17) is 4.74 Å². The number of ether oxygens (including phenoxy) is 1. The normalized spacial score (nSPS) is 20.2. The van der Waals surface area contributed by atoms with Crippen LogP contribution in [0.5, 0.6) is 0 Å². The Labute approximate surface area is 223 Å². The van der Waals surface area contributed by atoms with E-state index in [1.807, 2.05) is 6.92 Å². The largest absolute Gasteiger partial charge is 0.466 e. The van der Waals surface area contributed by atoms with Crippen molar-refractivity contribution in [3.63, 3.8) is 0 Å². The number of H-pyrrole nitrogens is 1. The van der Waals surface area contributed by atoms with Crippen molar-refractivity contribution in [3.05, 3.63) is 53.6 Å². The van der Waals surface area contributed by atoms with Crippen molar-refractivity contribution in [2.45, 2.75) is 68.5 Å². The van der Waals surface area contributed by atoms with Gasteiger partial charge in [0.1, 0.15) is 11.3 Å². The molecule has 1 fully saturated rings. The molecule has 12 heteroatoms. The number of sulfone groups is 1. The number of nitrogens with zero attached hydrogens (tertiary/aromatic N) is 3. The lowest BCUT2D eigenvalue weighted by molar-refractivity contribution is -0.144. The van der Waals surface area contributed by atoms with Gasteiger partial charge in [0.25, 0.3) is 0 Å². The average Bonchev–Trinajstić information content (AvgIpc) is 3.59. The van der Waals surface area contributed by atoms with E-state index in [9.17, 15) is 26.4 Å². The molecule has 0 saturated heterocycles.